The number of hydrogen-bond acceptors (Lipinski definition) is 5. The molecule has 0 radical (unpaired) electrons. The molecule has 2 heterocycles. The number of benzene rings is 2. The monoisotopic (exact) mass is 408 g/mol. The predicted octanol–water partition coefficient (Wildman–Crippen LogP) is 3.52. The second-order valence-corrected chi connectivity index (χ2v) is 7.19. The van der Waals surface area contributed by atoms with Crippen LogP contribution in [0.1, 0.15) is 0 Å². The Labute approximate surface area is 174 Å². The summed E-state index contributed by atoms with van der Waals surface area (Å²) in [6, 6.07) is 21.0. The lowest BCUT2D eigenvalue weighted by atomic mass is 10.1. The first-order chi connectivity index (χ1) is 14.2. The SMILES string of the molecule is O=C(COc1cccc(Cl)c1)N1CCN(c2ccc(-c3ccccc3)nn2)CC1. The third-order valence-electron chi connectivity index (χ3n) is 4.83. The smallest absolute Gasteiger partial charge is 0.260 e. The van der Waals surface area contributed by atoms with Crippen LogP contribution < -0.4 is 9.64 Å². The Morgan fingerprint density at radius 2 is 1.72 bits per heavy atom. The van der Waals surface area contributed by atoms with Gasteiger partial charge >= 0.3 is 0 Å². The molecule has 0 bridgehead atoms. The lowest BCUT2D eigenvalue weighted by molar-refractivity contribution is -0.133. The summed E-state index contributed by atoms with van der Waals surface area (Å²) in [5.41, 5.74) is 1.89. The molecule has 7 heteroatoms. The van der Waals surface area contributed by atoms with E-state index in [0.717, 1.165) is 17.1 Å². The van der Waals surface area contributed by atoms with Crippen molar-refractivity contribution in [1.82, 2.24) is 15.1 Å². The molecule has 0 saturated carbocycles. The van der Waals surface area contributed by atoms with Crippen LogP contribution in [0.15, 0.2) is 66.7 Å². The second-order valence-electron chi connectivity index (χ2n) is 6.76. The second kappa shape index (κ2) is 8.92. The minimum atomic E-state index is -0.0323. The molecular weight excluding hydrogens is 388 g/mol. The summed E-state index contributed by atoms with van der Waals surface area (Å²) in [6.45, 7) is 2.68. The molecule has 0 spiro atoms. The molecule has 0 aliphatic carbocycles. The molecule has 1 aliphatic heterocycles. The first-order valence-corrected chi connectivity index (χ1v) is 9.87. The van der Waals surface area contributed by atoms with E-state index in [4.69, 9.17) is 16.3 Å². The highest BCUT2D eigenvalue weighted by atomic mass is 35.5. The molecule has 4 rings (SSSR count). The van der Waals surface area contributed by atoms with Crippen LogP contribution >= 0.6 is 11.6 Å². The molecule has 0 N–H and O–H groups in total. The van der Waals surface area contributed by atoms with E-state index in [9.17, 15) is 4.79 Å². The van der Waals surface area contributed by atoms with E-state index in [0.29, 0.717) is 37.0 Å². The summed E-state index contributed by atoms with van der Waals surface area (Å²) in [4.78, 5) is 16.4. The third-order valence-corrected chi connectivity index (χ3v) is 5.07. The van der Waals surface area contributed by atoms with Gasteiger partial charge in [0, 0.05) is 36.8 Å². The topological polar surface area (TPSA) is 58.6 Å². The maximum absolute atomic E-state index is 12.4. The summed E-state index contributed by atoms with van der Waals surface area (Å²) in [5, 5.41) is 9.30. The zero-order chi connectivity index (χ0) is 20.1. The van der Waals surface area contributed by atoms with E-state index in [1.54, 1.807) is 24.3 Å². The number of ether oxygens (including phenoxy) is 1. The van der Waals surface area contributed by atoms with Crippen LogP contribution in [0.3, 0.4) is 0 Å². The normalized spacial score (nSPS) is 14.0. The number of carbonyl (C=O) groups is 1. The Hall–Kier alpha value is -3.12. The van der Waals surface area contributed by atoms with Crippen molar-refractivity contribution in [2.24, 2.45) is 0 Å². The standard InChI is InChI=1S/C22H21ClN4O2/c23-18-7-4-8-19(15-18)29-16-22(28)27-13-11-26(12-14-27)21-10-9-20(24-25-21)17-5-2-1-3-6-17/h1-10,15H,11-14,16H2. The number of carbonyl (C=O) groups excluding carboxylic acids is 1. The van der Waals surface area contributed by atoms with Gasteiger partial charge in [0.2, 0.25) is 0 Å². The van der Waals surface area contributed by atoms with E-state index < -0.39 is 0 Å². The van der Waals surface area contributed by atoms with Gasteiger partial charge < -0.3 is 14.5 Å². The summed E-state index contributed by atoms with van der Waals surface area (Å²) < 4.78 is 5.56. The van der Waals surface area contributed by atoms with Crippen LogP contribution in [0.5, 0.6) is 5.75 Å². The van der Waals surface area contributed by atoms with E-state index >= 15 is 0 Å². The van der Waals surface area contributed by atoms with Crippen molar-refractivity contribution >= 4 is 23.3 Å². The van der Waals surface area contributed by atoms with Gasteiger partial charge in [-0.2, -0.15) is 0 Å². The molecule has 3 aromatic rings. The minimum Gasteiger partial charge on any atom is -0.484 e. The quantitative estimate of drug-likeness (QED) is 0.646. The largest absolute Gasteiger partial charge is 0.484 e. The first kappa shape index (κ1) is 19.2. The van der Waals surface area contributed by atoms with Crippen LogP contribution in [-0.2, 0) is 4.79 Å². The molecule has 0 unspecified atom stereocenters. The fraction of sp³-hybridized carbons (Fsp3) is 0.227. The van der Waals surface area contributed by atoms with Crippen molar-refractivity contribution in [2.75, 3.05) is 37.7 Å². The molecular formula is C22H21ClN4O2. The van der Waals surface area contributed by atoms with Crippen LogP contribution in [0.25, 0.3) is 11.3 Å². The minimum absolute atomic E-state index is 0.00587. The molecule has 1 aliphatic rings. The van der Waals surface area contributed by atoms with Gasteiger partial charge in [-0.3, -0.25) is 4.79 Å². The van der Waals surface area contributed by atoms with Crippen molar-refractivity contribution < 1.29 is 9.53 Å². The van der Waals surface area contributed by atoms with Crippen molar-refractivity contribution in [3.8, 4) is 17.0 Å². The third kappa shape index (κ3) is 4.84. The van der Waals surface area contributed by atoms with Gasteiger partial charge in [-0.1, -0.05) is 48.0 Å². The van der Waals surface area contributed by atoms with Crippen LogP contribution in [0.4, 0.5) is 5.82 Å². The fourth-order valence-electron chi connectivity index (χ4n) is 3.23. The highest BCUT2D eigenvalue weighted by molar-refractivity contribution is 6.30. The van der Waals surface area contributed by atoms with Crippen molar-refractivity contribution in [2.45, 2.75) is 0 Å². The number of anilines is 1. The number of hydrogen-bond donors (Lipinski definition) is 0. The molecule has 0 atom stereocenters. The average Bonchev–Trinajstić information content (AvgIpc) is 2.78. The van der Waals surface area contributed by atoms with Gasteiger partial charge in [0.15, 0.2) is 12.4 Å². The van der Waals surface area contributed by atoms with E-state index in [-0.39, 0.29) is 12.5 Å². The average molecular weight is 409 g/mol. The molecule has 1 aromatic heterocycles. The Bertz CT molecular complexity index is 958. The summed E-state index contributed by atoms with van der Waals surface area (Å²) in [5.74, 6) is 1.39. The van der Waals surface area contributed by atoms with Gasteiger partial charge in [-0.05, 0) is 30.3 Å². The number of aromatic nitrogens is 2. The first-order valence-electron chi connectivity index (χ1n) is 9.49. The van der Waals surface area contributed by atoms with Crippen LogP contribution in [0, 0.1) is 0 Å². The Morgan fingerprint density at radius 1 is 0.931 bits per heavy atom. The van der Waals surface area contributed by atoms with Crippen molar-refractivity contribution in [1.29, 1.82) is 0 Å². The zero-order valence-electron chi connectivity index (χ0n) is 15.9. The van der Waals surface area contributed by atoms with E-state index in [2.05, 4.69) is 15.1 Å². The molecule has 29 heavy (non-hydrogen) atoms. The van der Waals surface area contributed by atoms with Crippen molar-refractivity contribution in [3.63, 3.8) is 0 Å². The predicted molar refractivity (Wildman–Crippen MR) is 113 cm³/mol. The Balaban J connectivity index is 1.29. The Morgan fingerprint density at radius 3 is 2.41 bits per heavy atom. The van der Waals surface area contributed by atoms with Gasteiger partial charge in [0.05, 0.1) is 5.69 Å². The van der Waals surface area contributed by atoms with E-state index in [1.807, 2.05) is 47.4 Å². The number of halogens is 1. The molecule has 1 fully saturated rings. The maximum Gasteiger partial charge on any atom is 0.260 e. The summed E-state index contributed by atoms with van der Waals surface area (Å²) in [7, 11) is 0. The van der Waals surface area contributed by atoms with Gasteiger partial charge in [0.25, 0.3) is 5.91 Å². The number of nitrogens with zero attached hydrogens (tertiary/aromatic N) is 4. The van der Waals surface area contributed by atoms with Crippen LogP contribution in [0.2, 0.25) is 5.02 Å². The number of amides is 1. The molecule has 1 saturated heterocycles. The fourth-order valence-corrected chi connectivity index (χ4v) is 3.42. The zero-order valence-corrected chi connectivity index (χ0v) is 16.6. The number of piperazine rings is 1. The summed E-state index contributed by atoms with van der Waals surface area (Å²) in [6.07, 6.45) is 0. The van der Waals surface area contributed by atoms with E-state index in [1.165, 1.54) is 0 Å². The highest BCUT2D eigenvalue weighted by Crippen LogP contribution is 2.20. The Kier molecular flexibility index (Phi) is 5.91. The molecule has 6 nitrogen and oxygen atoms in total. The van der Waals surface area contributed by atoms with Gasteiger partial charge in [-0.15, -0.1) is 10.2 Å². The lowest BCUT2D eigenvalue weighted by Crippen LogP contribution is -2.50. The maximum atomic E-state index is 12.4. The molecule has 2 aromatic carbocycles. The van der Waals surface area contributed by atoms with Crippen molar-refractivity contribution in [3.05, 3.63) is 71.8 Å². The van der Waals surface area contributed by atoms with Gasteiger partial charge in [0.1, 0.15) is 5.75 Å². The highest BCUT2D eigenvalue weighted by Gasteiger charge is 2.22. The summed E-state index contributed by atoms with van der Waals surface area (Å²) >= 11 is 5.94. The number of rotatable bonds is 5. The molecule has 1 amide bonds. The van der Waals surface area contributed by atoms with Crippen LogP contribution in [-0.4, -0.2) is 53.8 Å². The molecule has 148 valence electrons. The lowest BCUT2D eigenvalue weighted by Gasteiger charge is -2.35. The van der Waals surface area contributed by atoms with Gasteiger partial charge in [-0.25, -0.2) is 0 Å².